The summed E-state index contributed by atoms with van der Waals surface area (Å²) in [6.45, 7) is 6.22. The van der Waals surface area contributed by atoms with E-state index < -0.39 is 0 Å². The molecule has 4 nitrogen and oxygen atoms in total. The monoisotopic (exact) mass is 300 g/mol. The Labute approximate surface area is 131 Å². The molecule has 0 aliphatic carbocycles. The zero-order valence-corrected chi connectivity index (χ0v) is 13.6. The minimum absolute atomic E-state index is 0.0845. The van der Waals surface area contributed by atoms with Gasteiger partial charge in [0, 0.05) is 23.5 Å². The van der Waals surface area contributed by atoms with Gasteiger partial charge in [-0.15, -0.1) is 0 Å². The van der Waals surface area contributed by atoms with Crippen LogP contribution >= 0.6 is 0 Å². The van der Waals surface area contributed by atoms with Gasteiger partial charge in [0.25, 0.3) is 0 Å². The Balaban J connectivity index is 1.70. The number of amides is 1. The number of piperidine rings is 1. The second-order valence-corrected chi connectivity index (χ2v) is 6.54. The number of furan rings is 1. The van der Waals surface area contributed by atoms with Crippen LogP contribution in [-0.2, 0) is 11.2 Å². The predicted octanol–water partition coefficient (Wildman–Crippen LogP) is 2.80. The van der Waals surface area contributed by atoms with Crippen molar-refractivity contribution in [1.29, 1.82) is 0 Å². The molecule has 0 unspecified atom stereocenters. The van der Waals surface area contributed by atoms with E-state index in [4.69, 9.17) is 4.42 Å². The van der Waals surface area contributed by atoms with E-state index >= 15 is 0 Å². The Bertz CT molecular complexity index is 690. The maximum Gasteiger partial charge on any atom is 0.224 e. The molecular weight excluding hydrogens is 276 g/mol. The number of likely N-dealkylation sites (N-methyl/N-ethyl adjacent to an activating group) is 1. The largest absolute Gasteiger partial charge is 0.464 e. The lowest BCUT2D eigenvalue weighted by molar-refractivity contribution is -0.121. The second kappa shape index (κ2) is 6.13. The molecule has 1 atom stereocenters. The molecule has 1 aliphatic heterocycles. The average molecular weight is 300 g/mol. The normalized spacial score (nSPS) is 19.5. The van der Waals surface area contributed by atoms with E-state index in [0.29, 0.717) is 6.42 Å². The van der Waals surface area contributed by atoms with Crippen LogP contribution in [0.15, 0.2) is 22.8 Å². The fraction of sp³-hybridized carbons (Fsp3) is 0.500. The molecule has 0 radical (unpaired) electrons. The quantitative estimate of drug-likeness (QED) is 0.948. The van der Waals surface area contributed by atoms with Crippen LogP contribution in [0.3, 0.4) is 0 Å². The molecule has 1 aromatic carbocycles. The first kappa shape index (κ1) is 15.1. The molecule has 1 saturated heterocycles. The summed E-state index contributed by atoms with van der Waals surface area (Å²) < 4.78 is 5.60. The predicted molar refractivity (Wildman–Crippen MR) is 88.1 cm³/mol. The van der Waals surface area contributed by atoms with Gasteiger partial charge in [-0.3, -0.25) is 4.79 Å². The number of carbonyl (C=O) groups excluding carboxylic acids is 1. The first-order valence-corrected chi connectivity index (χ1v) is 7.98. The minimum atomic E-state index is 0.0845. The van der Waals surface area contributed by atoms with Crippen molar-refractivity contribution in [2.24, 2.45) is 0 Å². The lowest BCUT2D eigenvalue weighted by Gasteiger charge is -2.30. The molecule has 2 aromatic rings. The smallest absolute Gasteiger partial charge is 0.224 e. The van der Waals surface area contributed by atoms with Crippen LogP contribution in [0.5, 0.6) is 0 Å². The third kappa shape index (κ3) is 3.17. The van der Waals surface area contributed by atoms with Crippen LogP contribution < -0.4 is 5.32 Å². The molecule has 22 heavy (non-hydrogen) atoms. The molecule has 4 heteroatoms. The Morgan fingerprint density at radius 1 is 1.36 bits per heavy atom. The Hall–Kier alpha value is -1.81. The summed E-state index contributed by atoms with van der Waals surface area (Å²) in [5, 5.41) is 4.21. The van der Waals surface area contributed by atoms with E-state index in [-0.39, 0.29) is 11.9 Å². The van der Waals surface area contributed by atoms with Gasteiger partial charge in [-0.05, 0) is 63.5 Å². The molecule has 1 aliphatic rings. The number of likely N-dealkylation sites (tertiary alicyclic amines) is 1. The fourth-order valence-corrected chi connectivity index (χ4v) is 3.21. The molecule has 0 bridgehead atoms. The molecule has 118 valence electrons. The van der Waals surface area contributed by atoms with Crippen LogP contribution in [0, 0.1) is 13.8 Å². The third-order valence-electron chi connectivity index (χ3n) is 4.61. The van der Waals surface area contributed by atoms with Gasteiger partial charge in [0.1, 0.15) is 5.58 Å². The number of benzene rings is 1. The van der Waals surface area contributed by atoms with Gasteiger partial charge in [0.2, 0.25) is 5.91 Å². The molecule has 1 N–H and O–H groups in total. The maximum atomic E-state index is 12.3. The standard InChI is InChI=1S/C18H24N2O2/c1-12-7-16-14(11-22-17(16)8-13(12)2)9-18(21)19-15-5-4-6-20(3)10-15/h7-8,11,15H,4-6,9-10H2,1-3H3,(H,19,21)/t15-/m1/s1. The number of hydrogen-bond donors (Lipinski definition) is 1. The van der Waals surface area contributed by atoms with Crippen LogP contribution in [0.4, 0.5) is 0 Å². The van der Waals surface area contributed by atoms with Gasteiger partial charge >= 0.3 is 0 Å². The van der Waals surface area contributed by atoms with Crippen molar-refractivity contribution in [3.8, 4) is 0 Å². The Kier molecular flexibility index (Phi) is 4.21. The van der Waals surface area contributed by atoms with E-state index in [2.05, 4.69) is 37.2 Å². The number of nitrogens with zero attached hydrogens (tertiary/aromatic N) is 1. The number of nitrogens with one attached hydrogen (secondary N) is 1. The number of aryl methyl sites for hydroxylation is 2. The van der Waals surface area contributed by atoms with E-state index in [9.17, 15) is 4.79 Å². The number of hydrogen-bond acceptors (Lipinski definition) is 3. The van der Waals surface area contributed by atoms with Gasteiger partial charge in [-0.25, -0.2) is 0 Å². The molecular formula is C18H24N2O2. The second-order valence-electron chi connectivity index (χ2n) is 6.54. The lowest BCUT2D eigenvalue weighted by Crippen LogP contribution is -2.46. The van der Waals surface area contributed by atoms with Crippen molar-refractivity contribution < 1.29 is 9.21 Å². The van der Waals surface area contributed by atoms with Gasteiger partial charge in [-0.1, -0.05) is 0 Å². The van der Waals surface area contributed by atoms with Crippen LogP contribution in [-0.4, -0.2) is 37.0 Å². The van der Waals surface area contributed by atoms with E-state index in [1.807, 2.05) is 6.07 Å². The lowest BCUT2D eigenvalue weighted by atomic mass is 10.0. The molecule has 1 amide bonds. The van der Waals surface area contributed by atoms with Crippen molar-refractivity contribution in [2.45, 2.75) is 39.2 Å². The molecule has 1 aromatic heterocycles. The Morgan fingerprint density at radius 3 is 2.91 bits per heavy atom. The van der Waals surface area contributed by atoms with Crippen LogP contribution in [0.1, 0.15) is 29.5 Å². The molecule has 1 fully saturated rings. The highest BCUT2D eigenvalue weighted by Crippen LogP contribution is 2.25. The third-order valence-corrected chi connectivity index (χ3v) is 4.61. The number of rotatable bonds is 3. The summed E-state index contributed by atoms with van der Waals surface area (Å²) in [6, 6.07) is 4.43. The fourth-order valence-electron chi connectivity index (χ4n) is 3.21. The highest BCUT2D eigenvalue weighted by molar-refractivity contribution is 5.88. The van der Waals surface area contributed by atoms with Crippen molar-refractivity contribution in [1.82, 2.24) is 10.2 Å². The van der Waals surface area contributed by atoms with E-state index in [1.165, 1.54) is 11.1 Å². The average Bonchev–Trinajstić information content (AvgIpc) is 2.81. The van der Waals surface area contributed by atoms with Gasteiger partial charge in [0.15, 0.2) is 0 Å². The van der Waals surface area contributed by atoms with E-state index in [0.717, 1.165) is 42.5 Å². The number of carbonyl (C=O) groups is 1. The molecule has 0 spiro atoms. The van der Waals surface area contributed by atoms with Crippen molar-refractivity contribution in [2.75, 3.05) is 20.1 Å². The zero-order chi connectivity index (χ0) is 15.7. The highest BCUT2D eigenvalue weighted by Gasteiger charge is 2.20. The topological polar surface area (TPSA) is 45.5 Å². The zero-order valence-electron chi connectivity index (χ0n) is 13.6. The number of fused-ring (bicyclic) bond motifs is 1. The first-order chi connectivity index (χ1) is 10.5. The summed E-state index contributed by atoms with van der Waals surface area (Å²) in [6.07, 6.45) is 4.32. The molecule has 3 rings (SSSR count). The van der Waals surface area contributed by atoms with E-state index in [1.54, 1.807) is 6.26 Å². The summed E-state index contributed by atoms with van der Waals surface area (Å²) in [5.41, 5.74) is 4.27. The van der Waals surface area contributed by atoms with Crippen LogP contribution in [0.25, 0.3) is 11.0 Å². The highest BCUT2D eigenvalue weighted by atomic mass is 16.3. The van der Waals surface area contributed by atoms with Gasteiger partial charge in [-0.2, -0.15) is 0 Å². The van der Waals surface area contributed by atoms with Crippen molar-refractivity contribution >= 4 is 16.9 Å². The molecule has 0 saturated carbocycles. The van der Waals surface area contributed by atoms with Gasteiger partial charge in [0.05, 0.1) is 12.7 Å². The SMILES string of the molecule is Cc1cc2occ(CC(=O)N[C@@H]3CCCN(C)C3)c2cc1C. The maximum absolute atomic E-state index is 12.3. The first-order valence-electron chi connectivity index (χ1n) is 7.98. The minimum Gasteiger partial charge on any atom is -0.464 e. The van der Waals surface area contributed by atoms with Crippen LogP contribution in [0.2, 0.25) is 0 Å². The molecule has 2 heterocycles. The summed E-state index contributed by atoms with van der Waals surface area (Å²) in [5.74, 6) is 0.0845. The summed E-state index contributed by atoms with van der Waals surface area (Å²) >= 11 is 0. The van der Waals surface area contributed by atoms with Gasteiger partial charge < -0.3 is 14.6 Å². The Morgan fingerprint density at radius 2 is 2.14 bits per heavy atom. The van der Waals surface area contributed by atoms with Crippen molar-refractivity contribution in [3.05, 3.63) is 35.1 Å². The van der Waals surface area contributed by atoms with Crippen molar-refractivity contribution in [3.63, 3.8) is 0 Å². The summed E-state index contributed by atoms with van der Waals surface area (Å²) in [7, 11) is 2.10. The summed E-state index contributed by atoms with van der Waals surface area (Å²) in [4.78, 5) is 14.6.